The molecule has 0 radical (unpaired) electrons. The quantitative estimate of drug-likeness (QED) is 0.598. The fraction of sp³-hybridized carbons (Fsp3) is 0.375. The van der Waals surface area contributed by atoms with Crippen molar-refractivity contribution in [2.45, 2.75) is 25.3 Å². The summed E-state index contributed by atoms with van der Waals surface area (Å²) >= 11 is 0. The predicted octanol–water partition coefficient (Wildman–Crippen LogP) is 2.12. The Morgan fingerprint density at radius 3 is 2.64 bits per heavy atom. The van der Waals surface area contributed by atoms with Gasteiger partial charge in [0.05, 0.1) is 0 Å². The third-order valence-corrected chi connectivity index (χ3v) is 3.01. The molecule has 1 aliphatic carbocycles. The van der Waals surface area contributed by atoms with Crippen LogP contribution in [0.5, 0.6) is 0 Å². The van der Waals surface area contributed by atoms with Gasteiger partial charge in [0.2, 0.25) is 0 Å². The van der Waals surface area contributed by atoms with Crippen molar-refractivity contribution in [3.63, 3.8) is 0 Å². The average Bonchev–Trinajstić information content (AvgIpc) is 2.45. The minimum Gasteiger partial charge on any atom is -0.480 e. The number of carboxylic acids is 1. The molecular weight excluding hydrogens is 284 g/mol. The summed E-state index contributed by atoms with van der Waals surface area (Å²) in [5, 5.41) is 14.2. The first kappa shape index (κ1) is 17.7. The summed E-state index contributed by atoms with van der Waals surface area (Å²) in [6.45, 7) is 0.446. The molecule has 0 saturated heterocycles. The van der Waals surface area contributed by atoms with Gasteiger partial charge in [0.15, 0.2) is 0 Å². The molecule has 120 valence electrons. The van der Waals surface area contributed by atoms with Crippen molar-refractivity contribution in [2.24, 2.45) is 0 Å². The lowest BCUT2D eigenvalue weighted by atomic mass is 10.1. The van der Waals surface area contributed by atoms with Gasteiger partial charge in [-0.25, -0.2) is 4.79 Å². The highest BCUT2D eigenvalue weighted by atomic mass is 16.6. The maximum Gasteiger partial charge on any atom is 0.412 e. The van der Waals surface area contributed by atoms with Crippen LogP contribution in [0.25, 0.3) is 0 Å². The number of hydrogen-bond donors (Lipinski definition) is 3. The van der Waals surface area contributed by atoms with Gasteiger partial charge in [0.25, 0.3) is 0 Å². The molecule has 0 heterocycles. The molecule has 0 saturated carbocycles. The largest absolute Gasteiger partial charge is 0.480 e. The molecule has 1 aliphatic rings. The van der Waals surface area contributed by atoms with E-state index in [1.807, 2.05) is 18.2 Å². The van der Waals surface area contributed by atoms with Crippen LogP contribution >= 0.6 is 0 Å². The number of unbranched alkanes of at least 4 members (excludes halogenated alkanes) is 1. The van der Waals surface area contributed by atoms with E-state index >= 15 is 0 Å². The number of hydrogen-bond acceptors (Lipinski definition) is 4. The van der Waals surface area contributed by atoms with Crippen LogP contribution in [0.3, 0.4) is 0 Å². The number of ether oxygens (including phenoxy) is 1. The second kappa shape index (κ2) is 10.4. The zero-order valence-corrected chi connectivity index (χ0v) is 12.6. The monoisotopic (exact) mass is 306 g/mol. The Kier molecular flexibility index (Phi) is 8.37. The van der Waals surface area contributed by atoms with Crippen molar-refractivity contribution in [3.8, 4) is 0 Å². The van der Waals surface area contributed by atoms with E-state index in [0.717, 1.165) is 0 Å². The Hall–Kier alpha value is -2.34. The highest BCUT2D eigenvalue weighted by Crippen LogP contribution is 2.04. The van der Waals surface area contributed by atoms with Crippen molar-refractivity contribution in [2.75, 3.05) is 13.6 Å². The van der Waals surface area contributed by atoms with Crippen LogP contribution in [0, 0.1) is 0 Å². The van der Waals surface area contributed by atoms with Crippen LogP contribution in [0.1, 0.15) is 19.3 Å². The van der Waals surface area contributed by atoms with Gasteiger partial charge in [-0.15, -0.1) is 0 Å². The Morgan fingerprint density at radius 1 is 1.18 bits per heavy atom. The fourth-order valence-electron chi connectivity index (χ4n) is 1.82. The second-order valence-corrected chi connectivity index (χ2v) is 4.69. The molecule has 0 bridgehead atoms. The van der Waals surface area contributed by atoms with Gasteiger partial charge in [0, 0.05) is 6.54 Å². The average molecular weight is 306 g/mol. The predicted molar refractivity (Wildman–Crippen MR) is 84.3 cm³/mol. The summed E-state index contributed by atoms with van der Waals surface area (Å²) < 4.78 is 5.15. The molecule has 0 aromatic heterocycles. The number of amides is 1. The van der Waals surface area contributed by atoms with Crippen LogP contribution in [0.4, 0.5) is 4.79 Å². The van der Waals surface area contributed by atoms with Crippen LogP contribution in [0.2, 0.25) is 0 Å². The van der Waals surface area contributed by atoms with Gasteiger partial charge in [-0.1, -0.05) is 30.4 Å². The van der Waals surface area contributed by atoms with E-state index in [9.17, 15) is 9.59 Å². The van der Waals surface area contributed by atoms with E-state index < -0.39 is 18.1 Å². The molecular formula is C16H22N2O4. The smallest absolute Gasteiger partial charge is 0.412 e. The van der Waals surface area contributed by atoms with Crippen LogP contribution in [0.15, 0.2) is 48.3 Å². The van der Waals surface area contributed by atoms with E-state index in [-0.39, 0.29) is 0 Å². The van der Waals surface area contributed by atoms with Crippen LogP contribution in [-0.2, 0) is 9.53 Å². The number of aliphatic carboxylic acids is 1. The SMILES string of the molecule is CNC(CCCCNC(=O)OC1=CC=CC=CC=C1)C(=O)O. The summed E-state index contributed by atoms with van der Waals surface area (Å²) in [7, 11) is 1.62. The number of likely N-dealkylation sites (N-methyl/N-ethyl adjacent to an activating group) is 1. The maximum absolute atomic E-state index is 11.6. The van der Waals surface area contributed by atoms with E-state index in [4.69, 9.17) is 9.84 Å². The van der Waals surface area contributed by atoms with Gasteiger partial charge < -0.3 is 20.5 Å². The first-order chi connectivity index (χ1) is 10.6. The summed E-state index contributed by atoms with van der Waals surface area (Å²) in [4.78, 5) is 22.4. The zero-order chi connectivity index (χ0) is 16.2. The topological polar surface area (TPSA) is 87.7 Å². The summed E-state index contributed by atoms with van der Waals surface area (Å²) in [6, 6.07) is -0.544. The fourth-order valence-corrected chi connectivity index (χ4v) is 1.82. The van der Waals surface area contributed by atoms with Crippen molar-refractivity contribution in [3.05, 3.63) is 48.3 Å². The number of carboxylic acid groups (broad SMARTS) is 1. The molecule has 1 unspecified atom stereocenters. The van der Waals surface area contributed by atoms with Gasteiger partial charge in [0.1, 0.15) is 11.8 Å². The molecule has 0 aromatic carbocycles. The first-order valence-electron chi connectivity index (χ1n) is 7.21. The Labute approximate surface area is 130 Å². The lowest BCUT2D eigenvalue weighted by Crippen LogP contribution is -2.33. The number of nitrogens with one attached hydrogen (secondary N) is 2. The van der Waals surface area contributed by atoms with Crippen molar-refractivity contribution in [1.82, 2.24) is 10.6 Å². The summed E-state index contributed by atoms with van der Waals surface area (Å²) in [6.07, 6.45) is 13.9. The van der Waals surface area contributed by atoms with Crippen molar-refractivity contribution < 1.29 is 19.4 Å². The summed E-state index contributed by atoms with van der Waals surface area (Å²) in [5.41, 5.74) is 0. The molecule has 6 heteroatoms. The number of carbonyl (C=O) groups excluding carboxylic acids is 1. The molecule has 3 N–H and O–H groups in total. The van der Waals surface area contributed by atoms with Crippen LogP contribution < -0.4 is 10.6 Å². The second-order valence-electron chi connectivity index (χ2n) is 4.69. The molecule has 0 spiro atoms. The molecule has 0 aliphatic heterocycles. The van der Waals surface area contributed by atoms with Gasteiger partial charge in [-0.3, -0.25) is 4.79 Å². The molecule has 22 heavy (non-hydrogen) atoms. The maximum atomic E-state index is 11.6. The first-order valence-corrected chi connectivity index (χ1v) is 7.21. The lowest BCUT2D eigenvalue weighted by molar-refractivity contribution is -0.139. The summed E-state index contributed by atoms with van der Waals surface area (Å²) in [5.74, 6) is -0.404. The highest BCUT2D eigenvalue weighted by Gasteiger charge is 2.13. The molecule has 0 aromatic rings. The Bertz CT molecular complexity index is 492. The molecule has 0 fully saturated rings. The number of alkyl carbamates (subject to hydrolysis) is 1. The van der Waals surface area contributed by atoms with Gasteiger partial charge >= 0.3 is 12.1 Å². The van der Waals surface area contributed by atoms with Gasteiger partial charge in [-0.05, 0) is 38.5 Å². The van der Waals surface area contributed by atoms with Crippen molar-refractivity contribution in [1.29, 1.82) is 0 Å². The van der Waals surface area contributed by atoms with E-state index in [1.165, 1.54) is 0 Å². The standard InChI is InChI=1S/C16H22N2O4/c1-17-14(15(19)20)11-7-8-12-18-16(21)22-13-9-5-3-2-4-6-10-13/h2-6,9-10,14,17H,7-8,11-12H2,1H3,(H,18,21)(H,19,20). The van der Waals surface area contributed by atoms with E-state index in [0.29, 0.717) is 31.6 Å². The normalized spacial score (nSPS) is 14.7. The molecule has 1 amide bonds. The van der Waals surface area contributed by atoms with Crippen molar-refractivity contribution >= 4 is 12.1 Å². The molecule has 6 nitrogen and oxygen atoms in total. The lowest BCUT2D eigenvalue weighted by Gasteiger charge is -2.11. The molecule has 1 atom stereocenters. The Balaban J connectivity index is 2.19. The minimum atomic E-state index is -0.861. The van der Waals surface area contributed by atoms with E-state index in [2.05, 4.69) is 10.6 Å². The number of allylic oxidation sites excluding steroid dienone is 7. The Morgan fingerprint density at radius 2 is 1.91 bits per heavy atom. The number of rotatable bonds is 8. The van der Waals surface area contributed by atoms with Gasteiger partial charge in [-0.2, -0.15) is 0 Å². The van der Waals surface area contributed by atoms with Crippen LogP contribution in [-0.4, -0.2) is 36.8 Å². The third-order valence-electron chi connectivity index (χ3n) is 3.01. The minimum absolute atomic E-state index is 0.446. The highest BCUT2D eigenvalue weighted by molar-refractivity contribution is 5.73. The zero-order valence-electron chi connectivity index (χ0n) is 12.6. The number of carbonyl (C=O) groups is 2. The van der Waals surface area contributed by atoms with E-state index in [1.54, 1.807) is 31.4 Å². The molecule has 1 rings (SSSR count). The third kappa shape index (κ3) is 7.44.